The Bertz CT molecular complexity index is 1570. The number of aliphatic hydroxyl groups excluding tert-OH is 1. The molecular weight excluding hydrogens is 701 g/mol. The molecule has 0 radical (unpaired) electrons. The molecule has 4 aromatic rings. The molecule has 1 aliphatic heterocycles. The van der Waals surface area contributed by atoms with Crippen LogP contribution in [0.2, 0.25) is 5.04 Å². The smallest absolute Gasteiger partial charge is 0.272 e. The molecule has 1 aliphatic rings. The van der Waals surface area contributed by atoms with Crippen LogP contribution in [-0.2, 0) is 36.6 Å². The van der Waals surface area contributed by atoms with Crippen LogP contribution in [0.5, 0.6) is 0 Å². The first-order valence-electron chi connectivity index (χ1n) is 16.2. The Morgan fingerprint density at radius 2 is 1.24 bits per heavy atom. The molecule has 0 unspecified atom stereocenters. The topological polar surface area (TPSA) is 86.2 Å². The lowest BCUT2D eigenvalue weighted by Gasteiger charge is -2.50. The number of rotatable bonds is 12. The van der Waals surface area contributed by atoms with Crippen molar-refractivity contribution < 1.29 is 28.5 Å². The van der Waals surface area contributed by atoms with E-state index in [-0.39, 0.29) is 13.2 Å². The Morgan fingerprint density at radius 3 is 1.71 bits per heavy atom. The summed E-state index contributed by atoms with van der Waals surface area (Å²) in [4.78, 5) is 13.3. The lowest BCUT2D eigenvalue weighted by atomic mass is 9.96. The monoisotopic (exact) mass is 741 g/mol. The first-order valence-corrected chi connectivity index (χ1v) is 19.2. The van der Waals surface area contributed by atoms with Crippen LogP contribution >= 0.6 is 34.8 Å². The summed E-state index contributed by atoms with van der Waals surface area (Å²) < 4.78 is 24.3. The van der Waals surface area contributed by atoms with Crippen LogP contribution < -0.4 is 15.7 Å². The molecule has 2 N–H and O–H groups in total. The van der Waals surface area contributed by atoms with Gasteiger partial charge in [0.05, 0.1) is 19.8 Å². The van der Waals surface area contributed by atoms with Gasteiger partial charge >= 0.3 is 0 Å². The van der Waals surface area contributed by atoms with Gasteiger partial charge in [-0.2, -0.15) is 0 Å². The maximum Gasteiger partial charge on any atom is 0.272 e. The highest BCUT2D eigenvalue weighted by Crippen LogP contribution is 2.40. The average molecular weight is 743 g/mol. The number of hydrogen-bond acceptors (Lipinski definition) is 6. The van der Waals surface area contributed by atoms with E-state index in [4.69, 9.17) is 53.4 Å². The minimum absolute atomic E-state index is 0.0208. The van der Waals surface area contributed by atoms with Crippen LogP contribution in [0.25, 0.3) is 0 Å². The number of benzene rings is 4. The largest absolute Gasteiger partial charge is 0.388 e. The molecule has 7 nitrogen and oxygen atoms in total. The standard InChI is InChI=1S/C38H42Cl3NO6Si/c1-37(2,3)49(29-20-12-6-13-21-29,30-22-14-7-15-23-30)48-35-32(42-36(44)38(39,40)41)34(46-25-28-18-10-5-11-19-28)33(43)31(47-35)26-45-24-27-16-8-4-9-17-27/h4-23,31-35,43H,24-26H2,1-3H3,(H,42,44)/t31-,32-,33-,34-,35+/m1/s1. The highest BCUT2D eigenvalue weighted by molar-refractivity contribution is 6.99. The van der Waals surface area contributed by atoms with Gasteiger partial charge in [-0.3, -0.25) is 4.79 Å². The number of halogens is 3. The van der Waals surface area contributed by atoms with E-state index in [1.165, 1.54) is 0 Å². The van der Waals surface area contributed by atoms with Crippen LogP contribution in [0.1, 0.15) is 31.9 Å². The van der Waals surface area contributed by atoms with E-state index >= 15 is 0 Å². The van der Waals surface area contributed by atoms with Gasteiger partial charge in [0.15, 0.2) is 6.29 Å². The molecule has 1 saturated heterocycles. The third kappa shape index (κ3) is 9.13. The summed E-state index contributed by atoms with van der Waals surface area (Å²) in [7, 11) is -3.28. The lowest BCUT2D eigenvalue weighted by Crippen LogP contribution is -2.73. The van der Waals surface area contributed by atoms with Crippen molar-refractivity contribution in [2.24, 2.45) is 0 Å². The van der Waals surface area contributed by atoms with Crippen LogP contribution in [0.15, 0.2) is 121 Å². The first kappa shape index (κ1) is 37.5. The molecular formula is C38H42Cl3NO6Si. The molecule has 1 fully saturated rings. The number of aliphatic hydroxyl groups is 1. The summed E-state index contributed by atoms with van der Waals surface area (Å²) in [5.74, 6) is -0.901. The number of nitrogens with one attached hydrogen (secondary N) is 1. The fourth-order valence-corrected chi connectivity index (χ4v) is 11.0. The Balaban J connectivity index is 1.59. The van der Waals surface area contributed by atoms with E-state index in [1.807, 2.05) is 97.1 Å². The van der Waals surface area contributed by atoms with Crippen LogP contribution in [0, 0.1) is 0 Å². The van der Waals surface area contributed by atoms with E-state index in [2.05, 4.69) is 50.4 Å². The minimum atomic E-state index is -3.28. The molecule has 11 heteroatoms. The SMILES string of the molecule is CC(C)(C)[Si](O[C@@H]1O[C@H](COCc2ccccc2)[C@@H](O)[C@H](OCc2ccccc2)[C@H]1NC(=O)C(Cl)(Cl)Cl)(c1ccccc1)c1ccccc1. The van der Waals surface area contributed by atoms with Gasteiger partial charge < -0.3 is 29.1 Å². The highest BCUT2D eigenvalue weighted by Gasteiger charge is 2.56. The van der Waals surface area contributed by atoms with E-state index in [9.17, 15) is 9.90 Å². The van der Waals surface area contributed by atoms with Gasteiger partial charge in [0.1, 0.15) is 24.4 Å². The van der Waals surface area contributed by atoms with Gasteiger partial charge in [-0.1, -0.05) is 177 Å². The Morgan fingerprint density at radius 1 is 0.776 bits per heavy atom. The predicted molar refractivity (Wildman–Crippen MR) is 197 cm³/mol. The van der Waals surface area contributed by atoms with Gasteiger partial charge in [0.25, 0.3) is 18.0 Å². The minimum Gasteiger partial charge on any atom is -0.388 e. The molecule has 5 rings (SSSR count). The average Bonchev–Trinajstić information content (AvgIpc) is 3.09. The van der Waals surface area contributed by atoms with E-state index in [0.29, 0.717) is 6.61 Å². The Kier molecular flexibility index (Phi) is 12.6. The normalized spacial score (nSPS) is 21.7. The van der Waals surface area contributed by atoms with E-state index in [1.54, 1.807) is 0 Å². The number of carbonyl (C=O) groups is 1. The predicted octanol–water partition coefficient (Wildman–Crippen LogP) is 6.31. The summed E-state index contributed by atoms with van der Waals surface area (Å²) in [5, 5.41) is 16.2. The molecule has 5 atom stereocenters. The summed E-state index contributed by atoms with van der Waals surface area (Å²) in [6.45, 7) is 6.86. The van der Waals surface area contributed by atoms with Crippen molar-refractivity contribution in [1.82, 2.24) is 5.32 Å². The maximum atomic E-state index is 13.3. The van der Waals surface area contributed by atoms with Gasteiger partial charge in [-0.05, 0) is 26.5 Å². The van der Waals surface area contributed by atoms with Crippen molar-refractivity contribution in [2.75, 3.05) is 6.61 Å². The van der Waals surface area contributed by atoms with Gasteiger partial charge in [-0.25, -0.2) is 0 Å². The summed E-state index contributed by atoms with van der Waals surface area (Å²) in [5.41, 5.74) is 1.84. The fourth-order valence-electron chi connectivity index (χ4n) is 6.24. The maximum absolute atomic E-state index is 13.3. The van der Waals surface area contributed by atoms with Crippen molar-refractivity contribution in [3.05, 3.63) is 132 Å². The van der Waals surface area contributed by atoms with Crippen molar-refractivity contribution in [1.29, 1.82) is 0 Å². The zero-order valence-corrected chi connectivity index (χ0v) is 30.9. The van der Waals surface area contributed by atoms with Crippen LogP contribution in [0.4, 0.5) is 0 Å². The van der Waals surface area contributed by atoms with Crippen molar-refractivity contribution in [3.8, 4) is 0 Å². The molecule has 260 valence electrons. The quantitative estimate of drug-likeness (QED) is 0.131. The van der Waals surface area contributed by atoms with Crippen LogP contribution in [0.3, 0.4) is 0 Å². The van der Waals surface area contributed by atoms with Gasteiger partial charge in [0.2, 0.25) is 0 Å². The molecule has 49 heavy (non-hydrogen) atoms. The number of ether oxygens (including phenoxy) is 3. The fraction of sp³-hybridized carbons (Fsp3) is 0.342. The molecule has 0 aliphatic carbocycles. The molecule has 0 saturated carbocycles. The van der Waals surface area contributed by atoms with Gasteiger partial charge in [-0.15, -0.1) is 0 Å². The zero-order valence-electron chi connectivity index (χ0n) is 27.7. The second-order valence-electron chi connectivity index (χ2n) is 13.1. The highest BCUT2D eigenvalue weighted by atomic mass is 35.6. The lowest BCUT2D eigenvalue weighted by molar-refractivity contribution is -0.261. The summed E-state index contributed by atoms with van der Waals surface area (Å²) >= 11 is 18.2. The van der Waals surface area contributed by atoms with E-state index in [0.717, 1.165) is 21.5 Å². The molecule has 1 heterocycles. The van der Waals surface area contributed by atoms with Crippen LogP contribution in [-0.4, -0.2) is 60.4 Å². The summed E-state index contributed by atoms with van der Waals surface area (Å²) in [6.07, 6.45) is -4.34. The number of alkyl halides is 3. The number of amides is 1. The molecule has 4 aromatic carbocycles. The Hall–Kier alpha value is -2.76. The van der Waals surface area contributed by atoms with E-state index < -0.39 is 53.7 Å². The molecule has 0 aromatic heterocycles. The Labute approximate surface area is 304 Å². The number of hydrogen-bond donors (Lipinski definition) is 2. The third-order valence-corrected chi connectivity index (χ3v) is 14.1. The third-order valence-electron chi connectivity index (χ3n) is 8.62. The molecule has 0 bridgehead atoms. The van der Waals surface area contributed by atoms with Crippen molar-refractivity contribution >= 4 is 59.4 Å². The summed E-state index contributed by atoms with van der Waals surface area (Å²) in [6, 6.07) is 38.2. The number of carbonyl (C=O) groups excluding carboxylic acids is 1. The van der Waals surface area contributed by atoms with Crippen molar-refractivity contribution in [3.63, 3.8) is 0 Å². The molecule has 0 spiro atoms. The second-order valence-corrected chi connectivity index (χ2v) is 19.6. The zero-order chi connectivity index (χ0) is 35.1. The van der Waals surface area contributed by atoms with Crippen molar-refractivity contribution in [2.45, 2.75) is 73.5 Å². The molecule has 1 amide bonds. The first-order chi connectivity index (χ1) is 23.4. The van der Waals surface area contributed by atoms with Gasteiger partial charge in [0, 0.05) is 0 Å². The second kappa shape index (κ2) is 16.5.